The molecule has 0 saturated heterocycles. The fourth-order valence-electron chi connectivity index (χ4n) is 2.05. The third-order valence-corrected chi connectivity index (χ3v) is 7.89. The number of benzene rings is 1. The molecule has 0 fully saturated rings. The van der Waals surface area contributed by atoms with Crippen molar-refractivity contribution < 1.29 is 4.57 Å². The molecule has 19 heavy (non-hydrogen) atoms. The molecule has 1 atom stereocenters. The van der Waals surface area contributed by atoms with Gasteiger partial charge in [0, 0.05) is 5.16 Å². The number of hydrogen-bond donors (Lipinski definition) is 0. The molecule has 1 aromatic carbocycles. The number of hydrogen-bond acceptors (Lipinski definition) is 1. The van der Waals surface area contributed by atoms with E-state index in [1.54, 1.807) is 0 Å². The first-order chi connectivity index (χ1) is 8.46. The van der Waals surface area contributed by atoms with E-state index >= 15 is 0 Å². The molecule has 1 unspecified atom stereocenters. The highest BCUT2D eigenvalue weighted by molar-refractivity contribution is 7.69. The van der Waals surface area contributed by atoms with Crippen LogP contribution >= 0.6 is 7.14 Å². The van der Waals surface area contributed by atoms with E-state index in [0.717, 1.165) is 10.9 Å². The lowest BCUT2D eigenvalue weighted by molar-refractivity contribution is 0.505. The van der Waals surface area contributed by atoms with Crippen LogP contribution < -0.4 is 0 Å². The van der Waals surface area contributed by atoms with Gasteiger partial charge in [-0.05, 0) is 29.0 Å². The second-order valence-electron chi connectivity index (χ2n) is 7.29. The Labute approximate surface area is 118 Å². The summed E-state index contributed by atoms with van der Waals surface area (Å²) in [6.07, 6.45) is 2.12. The summed E-state index contributed by atoms with van der Waals surface area (Å²) in [7, 11) is -2.41. The van der Waals surface area contributed by atoms with Gasteiger partial charge >= 0.3 is 0 Å². The van der Waals surface area contributed by atoms with Crippen LogP contribution in [-0.4, -0.2) is 11.8 Å². The molecule has 0 amide bonds. The maximum atomic E-state index is 13.3. The molecule has 0 aromatic heterocycles. The highest BCUT2D eigenvalue weighted by Gasteiger charge is 2.39. The van der Waals surface area contributed by atoms with Crippen LogP contribution in [0, 0.1) is 5.41 Å². The molecular weight excluding hydrogens is 251 g/mol. The van der Waals surface area contributed by atoms with Crippen LogP contribution in [0.3, 0.4) is 0 Å². The Morgan fingerprint density at radius 2 is 1.47 bits per heavy atom. The van der Waals surface area contributed by atoms with Crippen molar-refractivity contribution >= 4 is 13.2 Å². The van der Waals surface area contributed by atoms with Crippen LogP contribution in [0.1, 0.15) is 47.1 Å². The van der Waals surface area contributed by atoms with Gasteiger partial charge in [0.25, 0.3) is 0 Å². The largest absolute Gasteiger partial charge is 0.319 e. The van der Waals surface area contributed by atoms with Gasteiger partial charge < -0.3 is 4.57 Å². The first-order valence-electron chi connectivity index (χ1n) is 6.82. The summed E-state index contributed by atoms with van der Waals surface area (Å²) in [4.78, 5) is 0. The van der Waals surface area contributed by atoms with E-state index in [9.17, 15) is 4.57 Å². The molecular formula is C17H27OP. The van der Waals surface area contributed by atoms with Crippen LogP contribution in [0.4, 0.5) is 0 Å². The molecule has 0 spiro atoms. The molecule has 0 heterocycles. The van der Waals surface area contributed by atoms with Crippen LogP contribution in [-0.2, 0) is 4.57 Å². The zero-order valence-electron chi connectivity index (χ0n) is 13.3. The van der Waals surface area contributed by atoms with Crippen molar-refractivity contribution in [2.45, 2.75) is 46.7 Å². The lowest BCUT2D eigenvalue weighted by atomic mass is 9.94. The zero-order chi connectivity index (χ0) is 14.9. The van der Waals surface area contributed by atoms with Gasteiger partial charge in [0.15, 0.2) is 0 Å². The van der Waals surface area contributed by atoms with E-state index in [1.807, 2.05) is 24.9 Å². The average Bonchev–Trinajstić information content (AvgIpc) is 2.24. The summed E-state index contributed by atoms with van der Waals surface area (Å²) >= 11 is 0. The smallest absolute Gasteiger partial charge is 0.114 e. The topological polar surface area (TPSA) is 17.1 Å². The lowest BCUT2D eigenvalue weighted by Crippen LogP contribution is -2.21. The SMILES string of the molecule is CC(C)(C)/C(=C\c1ccccc1)P(C)(=O)C(C)(C)C. The van der Waals surface area contributed by atoms with E-state index in [-0.39, 0.29) is 10.6 Å². The fraction of sp³-hybridized carbons (Fsp3) is 0.529. The first kappa shape index (κ1) is 16.2. The van der Waals surface area contributed by atoms with Crippen LogP contribution in [0.15, 0.2) is 35.6 Å². The molecule has 1 aromatic rings. The molecule has 0 N–H and O–H groups in total. The predicted molar refractivity (Wildman–Crippen MR) is 87.2 cm³/mol. The highest BCUT2D eigenvalue weighted by atomic mass is 31.2. The second-order valence-corrected chi connectivity index (χ2v) is 11.0. The highest BCUT2D eigenvalue weighted by Crippen LogP contribution is 2.66. The maximum Gasteiger partial charge on any atom is 0.114 e. The van der Waals surface area contributed by atoms with Crippen LogP contribution in [0.25, 0.3) is 6.08 Å². The van der Waals surface area contributed by atoms with Crippen molar-refractivity contribution in [1.29, 1.82) is 0 Å². The normalized spacial score (nSPS) is 17.1. The molecule has 1 nitrogen and oxygen atoms in total. The zero-order valence-corrected chi connectivity index (χ0v) is 14.2. The van der Waals surface area contributed by atoms with E-state index in [4.69, 9.17) is 0 Å². The summed E-state index contributed by atoms with van der Waals surface area (Å²) in [5.41, 5.74) is 1.03. The average molecular weight is 278 g/mol. The first-order valence-corrected chi connectivity index (χ1v) is 8.97. The standard InChI is InChI=1S/C17H27OP/c1-16(2,3)15(19(7,18)17(4,5)6)13-14-11-9-8-10-12-14/h8-13H,1-7H3/b15-13+. The predicted octanol–water partition coefficient (Wildman–Crippen LogP) is 5.87. The van der Waals surface area contributed by atoms with Gasteiger partial charge in [0.2, 0.25) is 0 Å². The van der Waals surface area contributed by atoms with E-state index in [2.05, 4.69) is 59.8 Å². The summed E-state index contributed by atoms with van der Waals surface area (Å²) in [5.74, 6) is 0. The van der Waals surface area contributed by atoms with Crippen molar-refractivity contribution in [3.05, 3.63) is 41.2 Å². The van der Waals surface area contributed by atoms with Gasteiger partial charge in [-0.2, -0.15) is 0 Å². The van der Waals surface area contributed by atoms with Gasteiger partial charge in [-0.1, -0.05) is 71.9 Å². The molecule has 0 aliphatic carbocycles. The molecule has 0 bridgehead atoms. The molecule has 0 aliphatic heterocycles. The minimum absolute atomic E-state index is 0.0899. The quantitative estimate of drug-likeness (QED) is 0.619. The maximum absolute atomic E-state index is 13.3. The Balaban J connectivity index is 3.42. The summed E-state index contributed by atoms with van der Waals surface area (Å²) in [5, 5.41) is 0.861. The van der Waals surface area contributed by atoms with Crippen molar-refractivity contribution in [3.63, 3.8) is 0 Å². The van der Waals surface area contributed by atoms with E-state index in [1.165, 1.54) is 0 Å². The Morgan fingerprint density at radius 1 is 1.00 bits per heavy atom. The Hall–Kier alpha value is -0.810. The fourth-order valence-corrected chi connectivity index (χ4v) is 4.45. The van der Waals surface area contributed by atoms with Gasteiger partial charge in [-0.3, -0.25) is 0 Å². The Bertz CT molecular complexity index is 498. The third kappa shape index (κ3) is 3.83. The number of allylic oxidation sites excluding steroid dienone is 1. The van der Waals surface area contributed by atoms with Crippen molar-refractivity contribution in [1.82, 2.24) is 0 Å². The molecule has 1 rings (SSSR count). The third-order valence-electron chi connectivity index (χ3n) is 3.61. The van der Waals surface area contributed by atoms with Gasteiger partial charge in [0.05, 0.1) is 0 Å². The monoisotopic (exact) mass is 278 g/mol. The summed E-state index contributed by atoms with van der Waals surface area (Å²) in [6, 6.07) is 10.2. The van der Waals surface area contributed by atoms with Crippen molar-refractivity contribution in [2.75, 3.05) is 6.66 Å². The van der Waals surface area contributed by atoms with Crippen LogP contribution in [0.2, 0.25) is 0 Å². The number of rotatable bonds is 2. The molecule has 0 radical (unpaired) electrons. The minimum Gasteiger partial charge on any atom is -0.319 e. The van der Waals surface area contributed by atoms with Gasteiger partial charge in [-0.25, -0.2) is 0 Å². The molecule has 2 heteroatoms. The van der Waals surface area contributed by atoms with E-state index < -0.39 is 7.14 Å². The molecule has 106 valence electrons. The minimum atomic E-state index is -2.41. The Kier molecular flexibility index (Phi) is 4.52. The second kappa shape index (κ2) is 5.29. The lowest BCUT2D eigenvalue weighted by Gasteiger charge is -2.36. The van der Waals surface area contributed by atoms with Gasteiger partial charge in [-0.15, -0.1) is 0 Å². The van der Waals surface area contributed by atoms with Gasteiger partial charge in [0.1, 0.15) is 7.14 Å². The summed E-state index contributed by atoms with van der Waals surface area (Å²) in [6.45, 7) is 14.6. The summed E-state index contributed by atoms with van der Waals surface area (Å²) < 4.78 is 13.3. The van der Waals surface area contributed by atoms with E-state index in [0.29, 0.717) is 0 Å². The van der Waals surface area contributed by atoms with Crippen molar-refractivity contribution in [3.8, 4) is 0 Å². The molecule has 0 saturated carbocycles. The Morgan fingerprint density at radius 3 is 1.84 bits per heavy atom. The van der Waals surface area contributed by atoms with Crippen molar-refractivity contribution in [2.24, 2.45) is 5.41 Å². The molecule has 0 aliphatic rings. The van der Waals surface area contributed by atoms with Crippen LogP contribution in [0.5, 0.6) is 0 Å².